The second-order valence-electron chi connectivity index (χ2n) is 6.96. The molecule has 2 N–H and O–H groups in total. The van der Waals surface area contributed by atoms with Crippen LogP contribution in [0.1, 0.15) is 28.1 Å². The van der Waals surface area contributed by atoms with Crippen LogP contribution in [0.5, 0.6) is 17.2 Å². The Labute approximate surface area is 170 Å². The van der Waals surface area contributed by atoms with Crippen LogP contribution in [0, 0.1) is 13.1 Å². The highest BCUT2D eigenvalue weighted by molar-refractivity contribution is 5.76. The van der Waals surface area contributed by atoms with Gasteiger partial charge in [0.1, 0.15) is 11.2 Å². The first-order valence-corrected chi connectivity index (χ1v) is 9.58. The fraction of sp³-hybridized carbons (Fsp3) is 0.261. The molecule has 6 heteroatoms. The van der Waals surface area contributed by atoms with Crippen molar-refractivity contribution >= 4 is 23.7 Å². The van der Waals surface area contributed by atoms with Crippen molar-refractivity contribution in [1.29, 1.82) is 0 Å². The molecular formula is C23H26N3O3+. The van der Waals surface area contributed by atoms with Gasteiger partial charge in [-0.2, -0.15) is 0 Å². The molecule has 0 unspecified atom stereocenters. The molecule has 0 bridgehead atoms. The Morgan fingerprint density at radius 1 is 1.03 bits per heavy atom. The maximum atomic E-state index is 5.87. The molecule has 0 radical (unpaired) electrons. The fourth-order valence-electron chi connectivity index (χ4n) is 4.04. The zero-order chi connectivity index (χ0) is 20.5. The van der Waals surface area contributed by atoms with Gasteiger partial charge in [-0.3, -0.25) is 0 Å². The predicted molar refractivity (Wildman–Crippen MR) is 114 cm³/mol. The van der Waals surface area contributed by atoms with Gasteiger partial charge in [-0.15, -0.1) is 4.52 Å². The molecule has 150 valence electrons. The highest BCUT2D eigenvalue weighted by Gasteiger charge is 2.26. The third-order valence-corrected chi connectivity index (χ3v) is 5.26. The monoisotopic (exact) mass is 392 g/mol. The first-order valence-electron chi connectivity index (χ1n) is 9.58. The molecule has 0 saturated carbocycles. The van der Waals surface area contributed by atoms with E-state index in [1.165, 1.54) is 22.3 Å². The van der Waals surface area contributed by atoms with Crippen LogP contribution in [0.2, 0.25) is 0 Å². The first-order chi connectivity index (χ1) is 14.1. The Morgan fingerprint density at radius 3 is 2.38 bits per heavy atom. The Bertz CT molecular complexity index is 1160. The summed E-state index contributed by atoms with van der Waals surface area (Å²) >= 11 is 0. The second kappa shape index (κ2) is 7.64. The molecule has 0 atom stereocenters. The lowest BCUT2D eigenvalue weighted by atomic mass is 10.1. The van der Waals surface area contributed by atoms with Crippen molar-refractivity contribution in [3.05, 3.63) is 58.6 Å². The maximum absolute atomic E-state index is 5.87. The van der Waals surface area contributed by atoms with Crippen LogP contribution in [0.15, 0.2) is 24.3 Å². The molecule has 1 aliphatic heterocycles. The standard InChI is InChI=1S/C23H26N3O3/c1-15-12-17(26-22(15)18(9-10-24)19-6-5-11-25(19)26)8-7-16-13-20(27-2)23(29-4)21(14-16)28-3/h5-8,11-14H,9-10,24H2,1-4H3/q+1/b8-7+. The predicted octanol–water partition coefficient (Wildman–Crippen LogP) is 2.99. The molecule has 4 rings (SSSR count). The summed E-state index contributed by atoms with van der Waals surface area (Å²) in [6.45, 7) is 2.77. The van der Waals surface area contributed by atoms with Crippen molar-refractivity contribution in [3.8, 4) is 17.2 Å². The van der Waals surface area contributed by atoms with Gasteiger partial charge < -0.3 is 19.9 Å². The Morgan fingerprint density at radius 2 is 1.76 bits per heavy atom. The topological polar surface area (TPSA) is 64.0 Å². The summed E-state index contributed by atoms with van der Waals surface area (Å²) in [4.78, 5) is 0. The van der Waals surface area contributed by atoms with E-state index in [1.807, 2.05) is 12.1 Å². The van der Waals surface area contributed by atoms with Crippen LogP contribution in [-0.4, -0.2) is 32.4 Å². The van der Waals surface area contributed by atoms with Crippen molar-refractivity contribution in [2.24, 2.45) is 5.73 Å². The summed E-state index contributed by atoms with van der Waals surface area (Å²) in [5.41, 5.74) is 12.9. The number of nitrogens with zero attached hydrogens (tertiary/aromatic N) is 2. The third-order valence-electron chi connectivity index (χ3n) is 5.26. The molecule has 6 nitrogen and oxygen atoms in total. The highest BCUT2D eigenvalue weighted by atomic mass is 16.5. The molecule has 0 aliphatic carbocycles. The van der Waals surface area contributed by atoms with E-state index < -0.39 is 0 Å². The normalized spacial score (nSPS) is 12.6. The number of fused-ring (bicyclic) bond motifs is 3. The minimum absolute atomic E-state index is 0.588. The van der Waals surface area contributed by atoms with Gasteiger partial charge in [0.05, 0.1) is 26.9 Å². The van der Waals surface area contributed by atoms with Crippen molar-refractivity contribution < 1.29 is 18.6 Å². The zero-order valence-corrected chi connectivity index (χ0v) is 17.2. The number of allylic oxidation sites excluding steroid dienone is 1. The van der Waals surface area contributed by atoms with E-state index in [0.717, 1.165) is 17.7 Å². The smallest absolute Gasteiger partial charge is 0.242 e. The van der Waals surface area contributed by atoms with Gasteiger partial charge in [0.15, 0.2) is 11.5 Å². The van der Waals surface area contributed by atoms with Gasteiger partial charge in [0, 0.05) is 12.2 Å². The van der Waals surface area contributed by atoms with Crippen molar-refractivity contribution in [3.63, 3.8) is 0 Å². The van der Waals surface area contributed by atoms with Crippen LogP contribution in [-0.2, 0) is 6.42 Å². The molecule has 1 aliphatic rings. The molecular weight excluding hydrogens is 366 g/mol. The van der Waals surface area contributed by atoms with E-state index in [1.54, 1.807) is 21.3 Å². The summed E-state index contributed by atoms with van der Waals surface area (Å²) < 4.78 is 20.8. The molecule has 1 aromatic carbocycles. The lowest BCUT2D eigenvalue weighted by Gasteiger charge is -2.12. The minimum Gasteiger partial charge on any atom is -0.493 e. The largest absolute Gasteiger partial charge is 0.493 e. The average Bonchev–Trinajstić information content (AvgIpc) is 3.40. The van der Waals surface area contributed by atoms with Gasteiger partial charge >= 0.3 is 0 Å². The quantitative estimate of drug-likeness (QED) is 0.628. The van der Waals surface area contributed by atoms with Gasteiger partial charge in [-0.05, 0) is 55.3 Å². The van der Waals surface area contributed by atoms with Gasteiger partial charge in [-0.1, -0.05) is 10.4 Å². The fourth-order valence-corrected chi connectivity index (χ4v) is 4.04. The molecule has 0 saturated heterocycles. The molecule has 29 heavy (non-hydrogen) atoms. The number of aryl methyl sites for hydroxylation is 1. The number of rotatable bonds is 7. The van der Waals surface area contributed by atoms with Crippen molar-refractivity contribution in [1.82, 2.24) is 4.52 Å². The molecule has 0 amide bonds. The first kappa shape index (κ1) is 19.1. The van der Waals surface area contributed by atoms with Crippen LogP contribution in [0.3, 0.4) is 0 Å². The number of hydrogen-bond donors (Lipinski definition) is 1. The Balaban J connectivity index is 1.82. The number of ether oxygens (including phenoxy) is 3. The molecule has 2 aromatic heterocycles. The maximum Gasteiger partial charge on any atom is 0.242 e. The van der Waals surface area contributed by atoms with E-state index >= 15 is 0 Å². The summed E-state index contributed by atoms with van der Waals surface area (Å²) in [6.07, 6.45) is 11.3. The average molecular weight is 392 g/mol. The van der Waals surface area contributed by atoms with E-state index in [9.17, 15) is 0 Å². The number of aromatic nitrogens is 2. The van der Waals surface area contributed by atoms with Crippen LogP contribution >= 0.6 is 0 Å². The van der Waals surface area contributed by atoms with Crippen LogP contribution in [0.25, 0.3) is 23.7 Å². The minimum atomic E-state index is 0.588. The summed E-state index contributed by atoms with van der Waals surface area (Å²) in [6, 6.07) is 6.07. The van der Waals surface area contributed by atoms with Crippen LogP contribution < -0.4 is 24.3 Å². The number of benzene rings is 1. The number of methoxy groups -OCH3 is 3. The second-order valence-corrected chi connectivity index (χ2v) is 6.96. The summed E-state index contributed by atoms with van der Waals surface area (Å²) in [5.74, 6) is 1.85. The molecule has 3 heterocycles. The number of nitrogens with two attached hydrogens (primary N) is 1. The van der Waals surface area contributed by atoms with E-state index in [2.05, 4.69) is 52.4 Å². The Hall–Kier alpha value is -3.25. The summed E-state index contributed by atoms with van der Waals surface area (Å²) in [7, 11) is 4.85. The van der Waals surface area contributed by atoms with Crippen molar-refractivity contribution in [2.75, 3.05) is 27.9 Å². The third kappa shape index (κ3) is 3.06. The molecule has 0 spiro atoms. The van der Waals surface area contributed by atoms with E-state index in [4.69, 9.17) is 19.9 Å². The number of hydrogen-bond acceptors (Lipinski definition) is 4. The lowest BCUT2D eigenvalue weighted by Crippen LogP contribution is -2.24. The highest BCUT2D eigenvalue weighted by Crippen LogP contribution is 2.38. The van der Waals surface area contributed by atoms with Crippen molar-refractivity contribution in [2.45, 2.75) is 13.3 Å². The van der Waals surface area contributed by atoms with Gasteiger partial charge in [0.2, 0.25) is 17.7 Å². The SMILES string of the molecule is COc1cc(/C=C/c2cc(C)c3c(CCN)c4[n+](n23)=CC=C4)cc(OC)c1OC. The molecule has 0 fully saturated rings. The van der Waals surface area contributed by atoms with Gasteiger partial charge in [-0.25, -0.2) is 0 Å². The Kier molecular flexibility index (Phi) is 5.03. The molecule has 3 aromatic rings. The van der Waals surface area contributed by atoms with E-state index in [0.29, 0.717) is 23.8 Å². The van der Waals surface area contributed by atoms with Crippen LogP contribution in [0.4, 0.5) is 0 Å². The van der Waals surface area contributed by atoms with E-state index in [-0.39, 0.29) is 0 Å². The zero-order valence-electron chi connectivity index (χ0n) is 17.2. The lowest BCUT2D eigenvalue weighted by molar-refractivity contribution is -0.583. The summed E-state index contributed by atoms with van der Waals surface area (Å²) in [5, 5.41) is 0. The van der Waals surface area contributed by atoms with Gasteiger partial charge in [0.25, 0.3) is 0 Å².